The molecule has 0 aromatic carbocycles. The van der Waals surface area contributed by atoms with Gasteiger partial charge in [-0.3, -0.25) is 0 Å². The van der Waals surface area contributed by atoms with Crippen molar-refractivity contribution in [2.75, 3.05) is 13.1 Å². The van der Waals surface area contributed by atoms with Gasteiger partial charge in [-0.1, -0.05) is 11.6 Å². The van der Waals surface area contributed by atoms with Gasteiger partial charge in [0.1, 0.15) is 11.9 Å². The van der Waals surface area contributed by atoms with Gasteiger partial charge in [-0.05, 0) is 26.0 Å². The summed E-state index contributed by atoms with van der Waals surface area (Å²) in [5.74, 6) is 0.606. The van der Waals surface area contributed by atoms with Crippen LogP contribution in [-0.4, -0.2) is 18.2 Å². The minimum Gasteiger partial charge on any atom is -0.467 e. The first-order chi connectivity index (χ1) is 6.70. The van der Waals surface area contributed by atoms with E-state index in [1.807, 2.05) is 13.8 Å². The second-order valence-electron chi connectivity index (χ2n) is 3.47. The number of hydrogen-bond donors (Lipinski definition) is 2. The van der Waals surface area contributed by atoms with Crippen LogP contribution in [0.2, 0.25) is 0 Å². The smallest absolute Gasteiger partial charge is 0.133 e. The molecule has 2 N–H and O–H groups in total. The van der Waals surface area contributed by atoms with E-state index in [4.69, 9.17) is 4.42 Å². The van der Waals surface area contributed by atoms with Gasteiger partial charge in [0.25, 0.3) is 0 Å². The third kappa shape index (κ3) is 3.77. The summed E-state index contributed by atoms with van der Waals surface area (Å²) in [5, 5.41) is 12.7. The van der Waals surface area contributed by atoms with Crippen molar-refractivity contribution in [3.05, 3.63) is 35.8 Å². The van der Waals surface area contributed by atoms with Crippen molar-refractivity contribution in [2.45, 2.75) is 20.0 Å². The van der Waals surface area contributed by atoms with E-state index in [9.17, 15) is 5.11 Å². The lowest BCUT2D eigenvalue weighted by atomic mass is 10.2. The molecule has 3 nitrogen and oxygen atoms in total. The van der Waals surface area contributed by atoms with Gasteiger partial charge in [0.05, 0.1) is 6.26 Å². The van der Waals surface area contributed by atoms with Gasteiger partial charge in [0.2, 0.25) is 0 Å². The zero-order valence-electron chi connectivity index (χ0n) is 8.66. The first-order valence-electron chi connectivity index (χ1n) is 4.75. The molecule has 0 saturated carbocycles. The second-order valence-corrected chi connectivity index (χ2v) is 3.47. The summed E-state index contributed by atoms with van der Waals surface area (Å²) in [5.41, 5.74) is 1.27. The normalized spacial score (nSPS) is 12.5. The Morgan fingerprint density at radius 3 is 3.00 bits per heavy atom. The third-order valence-electron chi connectivity index (χ3n) is 1.86. The van der Waals surface area contributed by atoms with E-state index in [0.29, 0.717) is 12.3 Å². The molecule has 0 aliphatic carbocycles. The quantitative estimate of drug-likeness (QED) is 0.557. The van der Waals surface area contributed by atoms with Gasteiger partial charge in [-0.15, -0.1) is 0 Å². The summed E-state index contributed by atoms with van der Waals surface area (Å²) in [7, 11) is 0. The zero-order chi connectivity index (χ0) is 10.4. The molecule has 1 rings (SSSR count). The minimum absolute atomic E-state index is 0.511. The molecular weight excluding hydrogens is 178 g/mol. The first kappa shape index (κ1) is 11.0. The molecule has 0 aliphatic heterocycles. The Balaban J connectivity index is 2.22. The maximum absolute atomic E-state index is 9.60. The molecule has 78 valence electrons. The van der Waals surface area contributed by atoms with E-state index in [0.717, 1.165) is 6.54 Å². The summed E-state index contributed by atoms with van der Waals surface area (Å²) < 4.78 is 5.07. The number of aliphatic hydroxyl groups is 1. The van der Waals surface area contributed by atoms with Crippen LogP contribution in [0.1, 0.15) is 25.7 Å². The SMILES string of the molecule is CC(C)=CCNCC(O)c1ccco1. The van der Waals surface area contributed by atoms with Crippen LogP contribution in [0.3, 0.4) is 0 Å². The summed E-state index contributed by atoms with van der Waals surface area (Å²) in [4.78, 5) is 0. The fourth-order valence-electron chi connectivity index (χ4n) is 1.08. The van der Waals surface area contributed by atoms with E-state index in [2.05, 4.69) is 11.4 Å². The molecule has 1 aromatic rings. The fourth-order valence-corrected chi connectivity index (χ4v) is 1.08. The highest BCUT2D eigenvalue weighted by Crippen LogP contribution is 2.11. The molecular formula is C11H17NO2. The molecule has 0 aliphatic rings. The van der Waals surface area contributed by atoms with Gasteiger partial charge in [-0.25, -0.2) is 0 Å². The van der Waals surface area contributed by atoms with E-state index >= 15 is 0 Å². The Hall–Kier alpha value is -1.06. The highest BCUT2D eigenvalue weighted by atomic mass is 16.4. The average Bonchev–Trinajstić information content (AvgIpc) is 2.64. The van der Waals surface area contributed by atoms with Crippen LogP contribution in [0.5, 0.6) is 0 Å². The van der Waals surface area contributed by atoms with Crippen LogP contribution in [0, 0.1) is 0 Å². The lowest BCUT2D eigenvalue weighted by Crippen LogP contribution is -2.21. The Morgan fingerprint density at radius 1 is 1.64 bits per heavy atom. The van der Waals surface area contributed by atoms with Crippen LogP contribution in [0.4, 0.5) is 0 Å². The third-order valence-corrected chi connectivity index (χ3v) is 1.86. The summed E-state index contributed by atoms with van der Waals surface area (Å²) in [6.45, 7) is 5.38. The first-order valence-corrected chi connectivity index (χ1v) is 4.75. The van der Waals surface area contributed by atoms with Crippen LogP contribution in [-0.2, 0) is 0 Å². The molecule has 0 fully saturated rings. The molecule has 14 heavy (non-hydrogen) atoms. The summed E-state index contributed by atoms with van der Waals surface area (Å²) in [6, 6.07) is 3.54. The van der Waals surface area contributed by atoms with Crippen LogP contribution >= 0.6 is 0 Å². The number of rotatable bonds is 5. The Labute approximate surface area is 84.4 Å². The second kappa shape index (κ2) is 5.62. The van der Waals surface area contributed by atoms with Gasteiger partial charge in [0, 0.05) is 13.1 Å². The Kier molecular flexibility index (Phi) is 4.43. The molecule has 1 unspecified atom stereocenters. The van der Waals surface area contributed by atoms with Gasteiger partial charge in [0.15, 0.2) is 0 Å². The van der Waals surface area contributed by atoms with E-state index in [1.165, 1.54) is 5.57 Å². The standard InChI is InChI=1S/C11H17NO2/c1-9(2)5-6-12-8-10(13)11-4-3-7-14-11/h3-5,7,10,12-13H,6,8H2,1-2H3. The van der Waals surface area contributed by atoms with E-state index in [-0.39, 0.29) is 0 Å². The lowest BCUT2D eigenvalue weighted by molar-refractivity contribution is 0.149. The van der Waals surface area contributed by atoms with Gasteiger partial charge in [-0.2, -0.15) is 0 Å². The van der Waals surface area contributed by atoms with Crippen molar-refractivity contribution in [2.24, 2.45) is 0 Å². The molecule has 0 saturated heterocycles. The highest BCUT2D eigenvalue weighted by molar-refractivity contribution is 5.02. The van der Waals surface area contributed by atoms with E-state index in [1.54, 1.807) is 18.4 Å². The number of nitrogens with one attached hydrogen (secondary N) is 1. The minimum atomic E-state index is -0.560. The predicted molar refractivity (Wildman–Crippen MR) is 56.0 cm³/mol. The number of furan rings is 1. The molecule has 1 heterocycles. The van der Waals surface area contributed by atoms with Crippen LogP contribution in [0.25, 0.3) is 0 Å². The molecule has 0 spiro atoms. The van der Waals surface area contributed by atoms with Crippen molar-refractivity contribution in [3.8, 4) is 0 Å². The van der Waals surface area contributed by atoms with Crippen molar-refractivity contribution in [1.29, 1.82) is 0 Å². The fraction of sp³-hybridized carbons (Fsp3) is 0.455. The van der Waals surface area contributed by atoms with Gasteiger partial charge >= 0.3 is 0 Å². The number of hydrogen-bond acceptors (Lipinski definition) is 3. The van der Waals surface area contributed by atoms with Crippen LogP contribution in [0.15, 0.2) is 34.5 Å². The zero-order valence-corrected chi connectivity index (χ0v) is 8.66. The van der Waals surface area contributed by atoms with Crippen molar-refractivity contribution >= 4 is 0 Å². The van der Waals surface area contributed by atoms with Gasteiger partial charge < -0.3 is 14.8 Å². The predicted octanol–water partition coefficient (Wildman–Crippen LogP) is 1.87. The van der Waals surface area contributed by atoms with Crippen LogP contribution < -0.4 is 5.32 Å². The Morgan fingerprint density at radius 2 is 2.43 bits per heavy atom. The summed E-state index contributed by atoms with van der Waals surface area (Å²) in [6.07, 6.45) is 3.08. The average molecular weight is 195 g/mol. The maximum atomic E-state index is 9.60. The summed E-state index contributed by atoms with van der Waals surface area (Å²) >= 11 is 0. The maximum Gasteiger partial charge on any atom is 0.133 e. The van der Waals surface area contributed by atoms with Crippen molar-refractivity contribution < 1.29 is 9.52 Å². The lowest BCUT2D eigenvalue weighted by Gasteiger charge is -2.07. The molecule has 0 amide bonds. The molecule has 3 heteroatoms. The van der Waals surface area contributed by atoms with Crippen molar-refractivity contribution in [1.82, 2.24) is 5.32 Å². The highest BCUT2D eigenvalue weighted by Gasteiger charge is 2.08. The van der Waals surface area contributed by atoms with E-state index < -0.39 is 6.10 Å². The molecule has 1 aromatic heterocycles. The number of allylic oxidation sites excluding steroid dienone is 1. The van der Waals surface area contributed by atoms with Crippen molar-refractivity contribution in [3.63, 3.8) is 0 Å². The monoisotopic (exact) mass is 195 g/mol. The topological polar surface area (TPSA) is 45.4 Å². The molecule has 0 bridgehead atoms. The molecule has 0 radical (unpaired) electrons. The Bertz CT molecular complexity index is 273. The molecule has 1 atom stereocenters. The largest absolute Gasteiger partial charge is 0.467 e. The number of aliphatic hydroxyl groups excluding tert-OH is 1.